The van der Waals surface area contributed by atoms with E-state index >= 15 is 4.39 Å². The molecule has 0 aromatic heterocycles. The minimum absolute atomic E-state index is 0.0198. The van der Waals surface area contributed by atoms with Crippen molar-refractivity contribution in [2.75, 3.05) is 49.5 Å². The van der Waals surface area contributed by atoms with Crippen LogP contribution in [0.3, 0.4) is 0 Å². The molecule has 3 unspecified atom stereocenters. The number of fused-ring (bicyclic) bond motifs is 1. The second kappa shape index (κ2) is 12.5. The number of benzene rings is 1. The Morgan fingerprint density at radius 3 is 2.63 bits per heavy atom. The molecule has 4 aliphatic rings. The van der Waals surface area contributed by atoms with Crippen molar-refractivity contribution < 1.29 is 23.5 Å². The zero-order valence-corrected chi connectivity index (χ0v) is 26.1. The lowest BCUT2D eigenvalue weighted by Crippen LogP contribution is -2.68. The van der Waals surface area contributed by atoms with E-state index in [-0.39, 0.29) is 43.8 Å². The van der Waals surface area contributed by atoms with Gasteiger partial charge in [-0.1, -0.05) is 0 Å². The van der Waals surface area contributed by atoms with Crippen LogP contribution in [0.1, 0.15) is 56.0 Å². The van der Waals surface area contributed by atoms with Gasteiger partial charge in [-0.25, -0.2) is 19.6 Å². The van der Waals surface area contributed by atoms with Crippen LogP contribution in [0, 0.1) is 24.2 Å². The molecule has 1 aromatic carbocycles. The molecule has 4 fully saturated rings. The largest absolute Gasteiger partial charge is 0.444 e. The summed E-state index contributed by atoms with van der Waals surface area (Å²) in [5, 5.41) is 18.0. The number of carbonyl (C=O) groups excluding carboxylic acids is 3. The second-order valence-electron chi connectivity index (χ2n) is 12.8. The highest BCUT2D eigenvalue weighted by Crippen LogP contribution is 2.42. The van der Waals surface area contributed by atoms with Gasteiger partial charge < -0.3 is 25.2 Å². The van der Waals surface area contributed by atoms with Gasteiger partial charge in [-0.2, -0.15) is 17.0 Å². The third kappa shape index (κ3) is 6.42. The Hall–Kier alpha value is -3.08. The Morgan fingerprint density at radius 2 is 1.98 bits per heavy atom. The summed E-state index contributed by atoms with van der Waals surface area (Å²) in [4.78, 5) is 42.3. The quantitative estimate of drug-likeness (QED) is 0.458. The van der Waals surface area contributed by atoms with E-state index in [0.717, 1.165) is 35.8 Å². The molecule has 11 nitrogen and oxygen atoms in total. The zero-order valence-electron chi connectivity index (χ0n) is 25.3. The lowest BCUT2D eigenvalue weighted by Gasteiger charge is -2.50. The highest BCUT2D eigenvalue weighted by atomic mass is 32.2. The topological polar surface area (TPSA) is 130 Å². The molecule has 4 aliphatic heterocycles. The number of aryl methyl sites for hydroxylation is 1. The van der Waals surface area contributed by atoms with Gasteiger partial charge in [0.05, 0.1) is 30.5 Å². The van der Waals surface area contributed by atoms with Crippen LogP contribution < -0.4 is 16.1 Å². The summed E-state index contributed by atoms with van der Waals surface area (Å²) in [6, 6.07) is 7.36. The van der Waals surface area contributed by atoms with Crippen molar-refractivity contribution >= 4 is 35.4 Å². The average molecular weight is 616 g/mol. The lowest BCUT2D eigenvalue weighted by molar-refractivity contribution is -0.130. The van der Waals surface area contributed by atoms with Crippen LogP contribution in [0.25, 0.3) is 0 Å². The first-order chi connectivity index (χ1) is 20.4. The molecule has 5 rings (SSSR count). The maximum atomic E-state index is 16.3. The van der Waals surface area contributed by atoms with Gasteiger partial charge in [0.1, 0.15) is 17.9 Å². The van der Waals surface area contributed by atoms with E-state index in [1.54, 1.807) is 25.8 Å². The molecule has 4 saturated heterocycles. The number of nitriles is 1. The first-order valence-electron chi connectivity index (χ1n) is 15.0. The minimum Gasteiger partial charge on any atom is -0.444 e. The minimum atomic E-state index is -1.55. The summed E-state index contributed by atoms with van der Waals surface area (Å²) in [6.45, 7) is 9.11. The van der Waals surface area contributed by atoms with Crippen LogP contribution >= 0.6 is 11.8 Å². The van der Waals surface area contributed by atoms with Crippen LogP contribution in [0.5, 0.6) is 0 Å². The number of thioether (sulfide) groups is 1. The number of rotatable bonds is 5. The molecule has 3 N–H and O–H groups in total. The number of piperidine rings is 2. The van der Waals surface area contributed by atoms with Crippen LogP contribution in [-0.4, -0.2) is 106 Å². The SMILES string of the molecule is Cc1cc(NC2NN([C@@]3(CC#N)CCN(C(=O)OC(C)(C)C)C[C@H]3F)C3CCNC(=O)C23)ccc1C(=O)N1CCSCC1. The van der Waals surface area contributed by atoms with Gasteiger partial charge in [0.2, 0.25) is 5.91 Å². The standard InChI is InChI=1S/C30H42FN7O4S/c1-19-17-20(5-6-21(19)27(40)36-13-15-43-16-14-36)34-25-24-22(7-11-33-26(24)39)38(35-25)30(8-10-32)9-12-37(18-23(30)31)28(41)42-29(2,3)4/h5-6,17,22-25,34-35H,7-9,11-16,18H2,1-4H3,(H,33,39)/t22?,23-,24?,25?,30+/m1/s1. The molecule has 1 aromatic rings. The molecule has 0 radical (unpaired) electrons. The number of nitrogens with zero attached hydrogens (tertiary/aromatic N) is 4. The van der Waals surface area contributed by atoms with Crippen molar-refractivity contribution in [2.24, 2.45) is 5.92 Å². The highest BCUT2D eigenvalue weighted by molar-refractivity contribution is 7.99. The molecule has 234 valence electrons. The van der Waals surface area contributed by atoms with E-state index < -0.39 is 35.5 Å². The van der Waals surface area contributed by atoms with Crippen molar-refractivity contribution in [2.45, 2.75) is 76.5 Å². The van der Waals surface area contributed by atoms with Gasteiger partial charge in [0, 0.05) is 55.0 Å². The number of halogens is 1. The number of alkyl halides is 1. The molecular formula is C30H42FN7O4S. The smallest absolute Gasteiger partial charge is 0.410 e. The molecule has 3 amide bonds. The summed E-state index contributed by atoms with van der Waals surface area (Å²) in [5.74, 6) is 1.19. The molecular weight excluding hydrogens is 573 g/mol. The number of likely N-dealkylation sites (tertiary alicyclic amines) is 1. The first-order valence-corrected chi connectivity index (χ1v) is 16.2. The Balaban J connectivity index is 1.36. The van der Waals surface area contributed by atoms with Crippen LogP contribution in [0.15, 0.2) is 18.2 Å². The second-order valence-corrected chi connectivity index (χ2v) is 14.0. The fourth-order valence-electron chi connectivity index (χ4n) is 6.62. The summed E-state index contributed by atoms with van der Waals surface area (Å²) < 4.78 is 21.7. The Morgan fingerprint density at radius 1 is 1.23 bits per heavy atom. The maximum absolute atomic E-state index is 16.3. The van der Waals surface area contributed by atoms with Gasteiger partial charge in [-0.05, 0) is 64.3 Å². The van der Waals surface area contributed by atoms with Crippen molar-refractivity contribution in [1.29, 1.82) is 5.26 Å². The molecule has 0 aliphatic carbocycles. The monoisotopic (exact) mass is 615 g/mol. The van der Waals surface area contributed by atoms with Gasteiger partial charge in [-0.15, -0.1) is 0 Å². The summed E-state index contributed by atoms with van der Waals surface area (Å²) in [7, 11) is 0. The van der Waals surface area contributed by atoms with Gasteiger partial charge in [0.15, 0.2) is 0 Å². The number of anilines is 1. The van der Waals surface area contributed by atoms with Gasteiger partial charge in [-0.3, -0.25) is 9.59 Å². The van der Waals surface area contributed by atoms with Crippen LogP contribution in [0.2, 0.25) is 0 Å². The molecule has 5 atom stereocenters. The summed E-state index contributed by atoms with van der Waals surface area (Å²) in [6.07, 6.45) is -2.02. The average Bonchev–Trinajstić information content (AvgIpc) is 3.33. The fraction of sp³-hybridized carbons (Fsp3) is 0.667. The number of hydrogen-bond donors (Lipinski definition) is 3. The van der Waals surface area contributed by atoms with Crippen LogP contribution in [-0.2, 0) is 9.53 Å². The Labute approximate surface area is 256 Å². The number of ether oxygens (including phenoxy) is 1. The molecule has 0 spiro atoms. The summed E-state index contributed by atoms with van der Waals surface area (Å²) >= 11 is 1.85. The number of nitrogens with one attached hydrogen (secondary N) is 3. The van der Waals surface area contributed by atoms with Crippen molar-refractivity contribution in [1.82, 2.24) is 25.6 Å². The van der Waals surface area contributed by atoms with Crippen molar-refractivity contribution in [3.05, 3.63) is 29.3 Å². The number of hydrogen-bond acceptors (Lipinski definition) is 9. The van der Waals surface area contributed by atoms with E-state index in [0.29, 0.717) is 18.5 Å². The van der Waals surface area contributed by atoms with Crippen molar-refractivity contribution in [3.63, 3.8) is 0 Å². The van der Waals surface area contributed by atoms with E-state index in [1.807, 2.05) is 41.8 Å². The predicted octanol–water partition coefficient (Wildman–Crippen LogP) is 2.88. The Bertz CT molecular complexity index is 1280. The number of hydrazine groups is 1. The van der Waals surface area contributed by atoms with E-state index in [9.17, 15) is 19.6 Å². The number of amides is 3. The highest BCUT2D eigenvalue weighted by Gasteiger charge is 2.58. The van der Waals surface area contributed by atoms with Gasteiger partial charge in [0.25, 0.3) is 5.91 Å². The molecule has 13 heteroatoms. The zero-order chi connectivity index (χ0) is 30.9. The lowest BCUT2D eigenvalue weighted by atomic mass is 9.80. The molecule has 43 heavy (non-hydrogen) atoms. The van der Waals surface area contributed by atoms with Gasteiger partial charge >= 0.3 is 6.09 Å². The molecule has 0 saturated carbocycles. The van der Waals surface area contributed by atoms with Crippen molar-refractivity contribution in [3.8, 4) is 6.07 Å². The molecule has 0 bridgehead atoms. The Kier molecular flexibility index (Phi) is 9.11. The summed E-state index contributed by atoms with van der Waals surface area (Å²) in [5.41, 5.74) is 3.65. The normalized spacial score (nSPS) is 29.8. The molecule has 4 heterocycles. The fourth-order valence-corrected chi connectivity index (χ4v) is 7.52. The van der Waals surface area contributed by atoms with Crippen LogP contribution in [0.4, 0.5) is 14.9 Å². The first kappa shape index (κ1) is 31.3. The van der Waals surface area contributed by atoms with E-state index in [2.05, 4.69) is 22.1 Å². The number of carbonyl (C=O) groups is 3. The third-order valence-corrected chi connectivity index (χ3v) is 9.74. The maximum Gasteiger partial charge on any atom is 0.410 e. The van der Waals surface area contributed by atoms with E-state index in [4.69, 9.17) is 4.74 Å². The predicted molar refractivity (Wildman–Crippen MR) is 162 cm³/mol. The third-order valence-electron chi connectivity index (χ3n) is 8.80. The van der Waals surface area contributed by atoms with E-state index in [1.165, 1.54) is 4.90 Å².